The molecule has 3 aromatic rings. The smallest absolute Gasteiger partial charge is 0.123 e. The number of halogens is 1. The third kappa shape index (κ3) is 4.50. The molecule has 0 radical (unpaired) electrons. The second-order valence-electron chi connectivity index (χ2n) is 7.09. The van der Waals surface area contributed by atoms with Crippen LogP contribution in [0.3, 0.4) is 0 Å². The number of aliphatic hydroxyl groups is 1. The number of rotatable bonds is 6. The fourth-order valence-electron chi connectivity index (χ4n) is 3.74. The van der Waals surface area contributed by atoms with Gasteiger partial charge in [-0.15, -0.1) is 0 Å². The quantitative estimate of drug-likeness (QED) is 0.706. The summed E-state index contributed by atoms with van der Waals surface area (Å²) in [4.78, 5) is 4.83. The number of aliphatic hydroxyl groups excluding tert-OH is 1. The highest BCUT2D eigenvalue weighted by atomic mass is 32.1. The van der Waals surface area contributed by atoms with Crippen molar-refractivity contribution in [3.05, 3.63) is 59.4 Å². The minimum absolute atomic E-state index is 0.175. The van der Waals surface area contributed by atoms with Crippen molar-refractivity contribution in [2.75, 3.05) is 26.2 Å². The molecule has 1 aliphatic heterocycles. The van der Waals surface area contributed by atoms with Crippen LogP contribution in [-0.4, -0.2) is 55.9 Å². The molecule has 2 heterocycles. The molecule has 142 valence electrons. The van der Waals surface area contributed by atoms with Crippen molar-refractivity contribution in [3.8, 4) is 0 Å². The van der Waals surface area contributed by atoms with Crippen molar-refractivity contribution in [1.29, 1.82) is 0 Å². The molecule has 0 saturated carbocycles. The zero-order chi connectivity index (χ0) is 18.6. The molecule has 0 aliphatic carbocycles. The molecule has 0 bridgehead atoms. The fraction of sp³-hybridized carbons (Fsp3) is 0.400. The molecule has 1 saturated heterocycles. The predicted molar refractivity (Wildman–Crippen MR) is 105 cm³/mol. The maximum absolute atomic E-state index is 13.1. The van der Waals surface area contributed by atoms with Gasteiger partial charge < -0.3 is 5.11 Å². The van der Waals surface area contributed by atoms with Crippen molar-refractivity contribution in [2.24, 2.45) is 0 Å². The maximum atomic E-state index is 13.1. The molecule has 5 nitrogen and oxygen atoms in total. The van der Waals surface area contributed by atoms with Crippen LogP contribution in [-0.2, 0) is 13.1 Å². The van der Waals surface area contributed by atoms with Gasteiger partial charge in [0.25, 0.3) is 0 Å². The van der Waals surface area contributed by atoms with Crippen molar-refractivity contribution < 1.29 is 9.50 Å². The second kappa shape index (κ2) is 8.39. The third-order valence-corrected chi connectivity index (χ3v) is 5.73. The minimum Gasteiger partial charge on any atom is -0.396 e. The summed E-state index contributed by atoms with van der Waals surface area (Å²) in [5.41, 5.74) is 4.25. The first-order chi connectivity index (χ1) is 13.2. The number of benzene rings is 2. The topological polar surface area (TPSA) is 52.5 Å². The molecule has 27 heavy (non-hydrogen) atoms. The Labute approximate surface area is 162 Å². The van der Waals surface area contributed by atoms with Crippen LogP contribution in [0.2, 0.25) is 0 Å². The monoisotopic (exact) mass is 386 g/mol. The van der Waals surface area contributed by atoms with E-state index in [9.17, 15) is 9.50 Å². The molecule has 0 amide bonds. The van der Waals surface area contributed by atoms with Crippen LogP contribution in [0.5, 0.6) is 0 Å². The van der Waals surface area contributed by atoms with Crippen LogP contribution in [0.25, 0.3) is 11.0 Å². The highest BCUT2D eigenvalue weighted by molar-refractivity contribution is 7.00. The zero-order valence-electron chi connectivity index (χ0n) is 15.1. The molecule has 7 heteroatoms. The lowest BCUT2D eigenvalue weighted by Gasteiger charge is -2.41. The van der Waals surface area contributed by atoms with Crippen LogP contribution in [0, 0.1) is 5.82 Å². The first-order valence-corrected chi connectivity index (χ1v) is 9.97. The van der Waals surface area contributed by atoms with E-state index >= 15 is 0 Å². The zero-order valence-corrected chi connectivity index (χ0v) is 15.9. The first kappa shape index (κ1) is 18.4. The number of fused-ring (bicyclic) bond motifs is 1. The Morgan fingerprint density at radius 2 is 1.78 bits per heavy atom. The summed E-state index contributed by atoms with van der Waals surface area (Å²) >= 11 is 1.25. The summed E-state index contributed by atoms with van der Waals surface area (Å²) in [5.74, 6) is -0.206. The van der Waals surface area contributed by atoms with Gasteiger partial charge in [0.1, 0.15) is 16.9 Å². The van der Waals surface area contributed by atoms with E-state index in [1.165, 1.54) is 29.4 Å². The van der Waals surface area contributed by atoms with E-state index in [0.717, 1.165) is 55.7 Å². The summed E-state index contributed by atoms with van der Waals surface area (Å²) in [6, 6.07) is 13.3. The fourth-order valence-corrected chi connectivity index (χ4v) is 4.26. The van der Waals surface area contributed by atoms with Gasteiger partial charge in [0.05, 0.1) is 11.7 Å². The Kier molecular flexibility index (Phi) is 5.73. The average molecular weight is 386 g/mol. The summed E-state index contributed by atoms with van der Waals surface area (Å²) in [5, 5.41) is 9.50. The Morgan fingerprint density at radius 3 is 2.59 bits per heavy atom. The Bertz CT molecular complexity index is 885. The Morgan fingerprint density at radius 1 is 1.00 bits per heavy atom. The van der Waals surface area contributed by atoms with E-state index in [4.69, 9.17) is 0 Å². The molecular formula is C20H23FN4OS. The molecule has 1 aromatic heterocycles. The standard InChI is InChI=1S/C20H23FN4OS/c21-17-4-1-15(2-5-17)13-25-9-8-24(14-18(25)7-10-26)12-16-3-6-19-20(11-16)23-27-22-19/h1-6,11,18,26H,7-10,12-14H2/t18-/m0/s1. The minimum atomic E-state index is -0.206. The lowest BCUT2D eigenvalue weighted by Crippen LogP contribution is -2.52. The van der Waals surface area contributed by atoms with Crippen molar-refractivity contribution in [2.45, 2.75) is 25.6 Å². The molecule has 4 rings (SSSR count). The van der Waals surface area contributed by atoms with E-state index in [2.05, 4.69) is 30.7 Å². The summed E-state index contributed by atoms with van der Waals surface area (Å²) in [7, 11) is 0. The van der Waals surface area contributed by atoms with Crippen LogP contribution in [0.1, 0.15) is 17.5 Å². The summed E-state index contributed by atoms with van der Waals surface area (Å²) < 4.78 is 21.7. The van der Waals surface area contributed by atoms with Gasteiger partial charge in [-0.05, 0) is 41.8 Å². The van der Waals surface area contributed by atoms with Gasteiger partial charge in [-0.1, -0.05) is 18.2 Å². The Hall–Kier alpha value is -1.93. The Balaban J connectivity index is 1.41. The van der Waals surface area contributed by atoms with Crippen LogP contribution < -0.4 is 0 Å². The lowest BCUT2D eigenvalue weighted by atomic mass is 10.1. The van der Waals surface area contributed by atoms with Gasteiger partial charge in [-0.25, -0.2) is 4.39 Å². The normalized spacial score (nSPS) is 19.0. The molecule has 1 atom stereocenters. The van der Waals surface area contributed by atoms with Gasteiger partial charge in [0, 0.05) is 45.4 Å². The highest BCUT2D eigenvalue weighted by Crippen LogP contribution is 2.20. The number of piperazine rings is 1. The number of hydrogen-bond donors (Lipinski definition) is 1. The third-order valence-electron chi connectivity index (χ3n) is 5.17. The molecular weight excluding hydrogens is 363 g/mol. The van der Waals surface area contributed by atoms with E-state index in [-0.39, 0.29) is 12.4 Å². The van der Waals surface area contributed by atoms with E-state index in [1.807, 2.05) is 18.2 Å². The van der Waals surface area contributed by atoms with Crippen LogP contribution in [0.4, 0.5) is 4.39 Å². The van der Waals surface area contributed by atoms with Gasteiger partial charge in [0.15, 0.2) is 0 Å². The van der Waals surface area contributed by atoms with Gasteiger partial charge in [-0.3, -0.25) is 9.80 Å². The van der Waals surface area contributed by atoms with Crippen LogP contribution in [0.15, 0.2) is 42.5 Å². The molecule has 0 unspecified atom stereocenters. The predicted octanol–water partition coefficient (Wildman–Crippen LogP) is 2.90. The lowest BCUT2D eigenvalue weighted by molar-refractivity contribution is 0.0500. The molecule has 1 fully saturated rings. The largest absolute Gasteiger partial charge is 0.396 e. The number of hydrogen-bond acceptors (Lipinski definition) is 6. The van der Waals surface area contributed by atoms with E-state index < -0.39 is 0 Å². The summed E-state index contributed by atoms with van der Waals surface area (Å²) in [6.45, 7) is 4.65. The van der Waals surface area contributed by atoms with E-state index in [0.29, 0.717) is 6.04 Å². The molecule has 1 N–H and O–H groups in total. The average Bonchev–Trinajstić information content (AvgIpc) is 3.14. The molecule has 2 aromatic carbocycles. The van der Waals surface area contributed by atoms with Crippen molar-refractivity contribution in [1.82, 2.24) is 18.5 Å². The molecule has 0 spiro atoms. The van der Waals surface area contributed by atoms with Crippen molar-refractivity contribution >= 4 is 22.8 Å². The van der Waals surface area contributed by atoms with E-state index in [1.54, 1.807) is 0 Å². The highest BCUT2D eigenvalue weighted by Gasteiger charge is 2.26. The van der Waals surface area contributed by atoms with Gasteiger partial charge in [0.2, 0.25) is 0 Å². The SMILES string of the molecule is OCC[C@H]1CN(Cc2ccc3nsnc3c2)CCN1Cc1ccc(F)cc1. The van der Waals surface area contributed by atoms with Crippen molar-refractivity contribution in [3.63, 3.8) is 0 Å². The van der Waals surface area contributed by atoms with Gasteiger partial charge in [-0.2, -0.15) is 8.75 Å². The number of aromatic nitrogens is 2. The second-order valence-corrected chi connectivity index (χ2v) is 7.61. The molecule has 1 aliphatic rings. The van der Waals surface area contributed by atoms with Gasteiger partial charge >= 0.3 is 0 Å². The summed E-state index contributed by atoms with van der Waals surface area (Å²) in [6.07, 6.45) is 0.743. The van der Waals surface area contributed by atoms with Crippen LogP contribution >= 0.6 is 11.7 Å². The first-order valence-electron chi connectivity index (χ1n) is 9.24. The maximum Gasteiger partial charge on any atom is 0.123 e. The number of nitrogens with zero attached hydrogens (tertiary/aromatic N) is 4.